The monoisotopic (exact) mass is 299 g/mol. The third-order valence-electron chi connectivity index (χ3n) is 3.61. The van der Waals surface area contributed by atoms with Crippen molar-refractivity contribution in [1.82, 2.24) is 5.32 Å². The predicted molar refractivity (Wildman–Crippen MR) is 84.6 cm³/mol. The lowest BCUT2D eigenvalue weighted by Crippen LogP contribution is -2.31. The van der Waals surface area contributed by atoms with Gasteiger partial charge in [-0.2, -0.15) is 11.8 Å². The molecule has 19 heavy (non-hydrogen) atoms. The van der Waals surface area contributed by atoms with E-state index in [1.807, 2.05) is 36.9 Å². The van der Waals surface area contributed by atoms with Crippen LogP contribution < -0.4 is 10.1 Å². The molecular formula is C15H22ClNOS. The first-order valence-corrected chi connectivity index (χ1v) is 8.46. The largest absolute Gasteiger partial charge is 0.489 e. The van der Waals surface area contributed by atoms with E-state index in [-0.39, 0.29) is 6.10 Å². The minimum absolute atomic E-state index is 0.275. The molecule has 0 amide bonds. The second-order valence-corrected chi connectivity index (χ2v) is 6.66. The summed E-state index contributed by atoms with van der Waals surface area (Å²) < 4.78 is 6.27. The summed E-state index contributed by atoms with van der Waals surface area (Å²) >= 11 is 8.11. The van der Waals surface area contributed by atoms with Crippen LogP contribution in [0.3, 0.4) is 0 Å². The first kappa shape index (κ1) is 15.0. The summed E-state index contributed by atoms with van der Waals surface area (Å²) in [5.74, 6) is 3.72. The van der Waals surface area contributed by atoms with Crippen LogP contribution in [0.1, 0.15) is 18.9 Å². The summed E-state index contributed by atoms with van der Waals surface area (Å²) in [6.07, 6.45) is 1.48. The van der Waals surface area contributed by atoms with Crippen LogP contribution in [0.4, 0.5) is 0 Å². The minimum atomic E-state index is 0.275. The van der Waals surface area contributed by atoms with Gasteiger partial charge in [-0.15, -0.1) is 0 Å². The first-order valence-electron chi connectivity index (χ1n) is 6.92. The molecule has 1 aliphatic heterocycles. The fourth-order valence-electron chi connectivity index (χ4n) is 2.37. The van der Waals surface area contributed by atoms with Gasteiger partial charge in [-0.25, -0.2) is 0 Å². The SMILES string of the molecule is CCSC[C@H](Oc1cccc(Cl)c1C)C1CCNC1. The van der Waals surface area contributed by atoms with Gasteiger partial charge in [0.05, 0.1) is 0 Å². The number of hydrogen-bond acceptors (Lipinski definition) is 3. The molecule has 106 valence electrons. The highest BCUT2D eigenvalue weighted by Gasteiger charge is 2.26. The topological polar surface area (TPSA) is 21.3 Å². The molecule has 1 saturated heterocycles. The van der Waals surface area contributed by atoms with E-state index in [1.165, 1.54) is 6.42 Å². The van der Waals surface area contributed by atoms with Crippen LogP contribution in [-0.2, 0) is 0 Å². The molecule has 0 aromatic heterocycles. The van der Waals surface area contributed by atoms with E-state index < -0.39 is 0 Å². The van der Waals surface area contributed by atoms with Gasteiger partial charge in [-0.05, 0) is 37.8 Å². The quantitative estimate of drug-likeness (QED) is 0.864. The van der Waals surface area contributed by atoms with Crippen LogP contribution >= 0.6 is 23.4 Å². The van der Waals surface area contributed by atoms with Crippen molar-refractivity contribution in [3.05, 3.63) is 28.8 Å². The maximum Gasteiger partial charge on any atom is 0.124 e. The summed E-state index contributed by atoms with van der Waals surface area (Å²) in [5.41, 5.74) is 1.04. The molecule has 0 radical (unpaired) electrons. The zero-order valence-corrected chi connectivity index (χ0v) is 13.2. The number of hydrogen-bond donors (Lipinski definition) is 1. The predicted octanol–water partition coefficient (Wildman–Crippen LogP) is 3.76. The Bertz CT molecular complexity index is 407. The van der Waals surface area contributed by atoms with Crippen molar-refractivity contribution in [1.29, 1.82) is 0 Å². The zero-order chi connectivity index (χ0) is 13.7. The average Bonchev–Trinajstić information content (AvgIpc) is 2.93. The standard InChI is InChI=1S/C15H22ClNOS/c1-3-19-10-15(12-7-8-17-9-12)18-14-6-4-5-13(16)11(14)2/h4-6,12,15,17H,3,7-10H2,1-2H3/t12?,15-/m0/s1. The summed E-state index contributed by atoms with van der Waals surface area (Å²) in [6.45, 7) is 6.39. The zero-order valence-electron chi connectivity index (χ0n) is 11.6. The summed E-state index contributed by atoms with van der Waals surface area (Å²) in [6, 6.07) is 5.89. The van der Waals surface area contributed by atoms with Gasteiger partial charge in [0.1, 0.15) is 11.9 Å². The molecule has 1 aromatic carbocycles. The Labute approximate surface area is 125 Å². The molecule has 2 rings (SSSR count). The van der Waals surface area contributed by atoms with Crippen molar-refractivity contribution in [2.24, 2.45) is 5.92 Å². The molecule has 1 unspecified atom stereocenters. The van der Waals surface area contributed by atoms with Crippen LogP contribution in [0.2, 0.25) is 5.02 Å². The van der Waals surface area contributed by atoms with Crippen LogP contribution in [0, 0.1) is 12.8 Å². The van der Waals surface area contributed by atoms with E-state index in [0.29, 0.717) is 5.92 Å². The molecule has 1 heterocycles. The molecule has 1 N–H and O–H groups in total. The molecule has 1 fully saturated rings. The second-order valence-electron chi connectivity index (χ2n) is 4.93. The average molecular weight is 300 g/mol. The summed E-state index contributed by atoms with van der Waals surface area (Å²) in [4.78, 5) is 0. The van der Waals surface area contributed by atoms with Crippen molar-refractivity contribution in [2.75, 3.05) is 24.6 Å². The van der Waals surface area contributed by atoms with E-state index in [4.69, 9.17) is 16.3 Å². The smallest absolute Gasteiger partial charge is 0.124 e. The first-order chi connectivity index (χ1) is 9.22. The van der Waals surface area contributed by atoms with Crippen molar-refractivity contribution in [3.8, 4) is 5.75 Å². The fourth-order valence-corrected chi connectivity index (χ4v) is 3.35. The molecule has 2 nitrogen and oxygen atoms in total. The number of ether oxygens (including phenoxy) is 1. The summed E-state index contributed by atoms with van der Waals surface area (Å²) in [7, 11) is 0. The van der Waals surface area contributed by atoms with Gasteiger partial charge < -0.3 is 10.1 Å². The van der Waals surface area contributed by atoms with Crippen molar-refractivity contribution in [3.63, 3.8) is 0 Å². The summed E-state index contributed by atoms with van der Waals surface area (Å²) in [5, 5.41) is 4.21. The molecule has 0 aliphatic carbocycles. The Kier molecular flexibility index (Phi) is 5.86. The van der Waals surface area contributed by atoms with Crippen molar-refractivity contribution >= 4 is 23.4 Å². The van der Waals surface area contributed by atoms with Gasteiger partial charge in [-0.1, -0.05) is 24.6 Å². The van der Waals surface area contributed by atoms with Crippen molar-refractivity contribution < 1.29 is 4.74 Å². The van der Waals surface area contributed by atoms with Gasteiger partial charge in [-0.3, -0.25) is 0 Å². The molecule has 4 heteroatoms. The Balaban J connectivity index is 2.07. The third kappa shape index (κ3) is 4.04. The lowest BCUT2D eigenvalue weighted by Gasteiger charge is -2.25. The highest BCUT2D eigenvalue weighted by Crippen LogP contribution is 2.29. The van der Waals surface area contributed by atoms with Gasteiger partial charge in [0.2, 0.25) is 0 Å². The number of thioether (sulfide) groups is 1. The highest BCUT2D eigenvalue weighted by molar-refractivity contribution is 7.99. The highest BCUT2D eigenvalue weighted by atomic mass is 35.5. The lowest BCUT2D eigenvalue weighted by molar-refractivity contribution is 0.164. The van der Waals surface area contributed by atoms with E-state index in [9.17, 15) is 0 Å². The van der Waals surface area contributed by atoms with Crippen molar-refractivity contribution in [2.45, 2.75) is 26.4 Å². The van der Waals surface area contributed by atoms with Crippen LogP contribution in [0.5, 0.6) is 5.75 Å². The molecule has 0 bridgehead atoms. The molecular weight excluding hydrogens is 278 g/mol. The Hall–Kier alpha value is -0.380. The van der Waals surface area contributed by atoms with Crippen LogP contribution in [0.15, 0.2) is 18.2 Å². The van der Waals surface area contributed by atoms with E-state index in [2.05, 4.69) is 12.2 Å². The molecule has 2 atom stereocenters. The number of nitrogens with one attached hydrogen (secondary N) is 1. The Morgan fingerprint density at radius 1 is 1.53 bits per heavy atom. The van der Waals surface area contributed by atoms with Crippen LogP contribution in [0.25, 0.3) is 0 Å². The van der Waals surface area contributed by atoms with Gasteiger partial charge >= 0.3 is 0 Å². The molecule has 0 saturated carbocycles. The maximum atomic E-state index is 6.27. The van der Waals surface area contributed by atoms with Gasteiger partial charge in [0.15, 0.2) is 0 Å². The number of rotatable bonds is 6. The molecule has 0 spiro atoms. The maximum absolute atomic E-state index is 6.27. The minimum Gasteiger partial charge on any atom is -0.489 e. The molecule has 1 aromatic rings. The van der Waals surface area contributed by atoms with E-state index in [0.717, 1.165) is 40.9 Å². The number of halogens is 1. The van der Waals surface area contributed by atoms with E-state index >= 15 is 0 Å². The lowest BCUT2D eigenvalue weighted by atomic mass is 10.0. The fraction of sp³-hybridized carbons (Fsp3) is 0.600. The second kappa shape index (κ2) is 7.41. The van der Waals surface area contributed by atoms with Crippen LogP contribution in [-0.4, -0.2) is 30.7 Å². The third-order valence-corrected chi connectivity index (χ3v) is 4.99. The normalized spacial score (nSPS) is 20.5. The Morgan fingerprint density at radius 3 is 3.05 bits per heavy atom. The Morgan fingerprint density at radius 2 is 2.37 bits per heavy atom. The van der Waals surface area contributed by atoms with E-state index in [1.54, 1.807) is 0 Å². The number of benzene rings is 1. The van der Waals surface area contributed by atoms with Gasteiger partial charge in [0, 0.05) is 28.8 Å². The molecule has 1 aliphatic rings. The van der Waals surface area contributed by atoms with Gasteiger partial charge in [0.25, 0.3) is 0 Å².